The first-order valence-corrected chi connectivity index (χ1v) is 6.06. The van der Waals surface area contributed by atoms with Crippen LogP contribution in [0.2, 0.25) is 0 Å². The third-order valence-corrected chi connectivity index (χ3v) is 3.49. The van der Waals surface area contributed by atoms with E-state index < -0.39 is 0 Å². The minimum Gasteiger partial charge on any atom is -0.311 e. The lowest BCUT2D eigenvalue weighted by atomic mass is 10.0. The van der Waals surface area contributed by atoms with Gasteiger partial charge in [-0.1, -0.05) is 24.3 Å². The predicted molar refractivity (Wildman–Crippen MR) is 65.1 cm³/mol. The summed E-state index contributed by atoms with van der Waals surface area (Å²) in [5, 5.41) is 3.64. The number of benzene rings is 1. The van der Waals surface area contributed by atoms with Crippen LogP contribution in [-0.4, -0.2) is 12.1 Å². The molecule has 1 fully saturated rings. The number of aryl methyl sites for hydroxylation is 2. The quantitative estimate of drug-likeness (QED) is 0.796. The molecule has 1 aliphatic rings. The molecule has 1 aromatic rings. The molecule has 15 heavy (non-hydrogen) atoms. The van der Waals surface area contributed by atoms with Crippen molar-refractivity contribution in [3.05, 3.63) is 35.4 Å². The van der Waals surface area contributed by atoms with Crippen molar-refractivity contribution in [2.24, 2.45) is 0 Å². The Kier molecular flexibility index (Phi) is 3.42. The van der Waals surface area contributed by atoms with Crippen LogP contribution in [0.15, 0.2) is 24.3 Å². The summed E-state index contributed by atoms with van der Waals surface area (Å²) in [5.41, 5.74) is 2.95. The summed E-state index contributed by atoms with van der Waals surface area (Å²) >= 11 is 0. The summed E-state index contributed by atoms with van der Waals surface area (Å²) < 4.78 is 0. The standard InChI is InChI=1S/C14H21N/c1-11-5-3-4-6-13(11)8-10-14-9-7-12(2)15-14/h3-6,12,14-15H,7-10H2,1-2H3/t12-,14-/m1/s1. The van der Waals surface area contributed by atoms with E-state index in [1.165, 1.54) is 36.8 Å². The SMILES string of the molecule is Cc1ccccc1CC[C@H]1CC[C@@H](C)N1. The average Bonchev–Trinajstić information content (AvgIpc) is 2.63. The van der Waals surface area contributed by atoms with Gasteiger partial charge < -0.3 is 5.32 Å². The Morgan fingerprint density at radius 1 is 1.27 bits per heavy atom. The van der Waals surface area contributed by atoms with Crippen molar-refractivity contribution in [3.8, 4) is 0 Å². The van der Waals surface area contributed by atoms with Crippen LogP contribution < -0.4 is 5.32 Å². The van der Waals surface area contributed by atoms with E-state index >= 15 is 0 Å². The molecule has 0 aromatic heterocycles. The fraction of sp³-hybridized carbons (Fsp3) is 0.571. The molecule has 1 heteroatoms. The van der Waals surface area contributed by atoms with Crippen LogP contribution in [0.1, 0.15) is 37.3 Å². The molecule has 0 radical (unpaired) electrons. The fourth-order valence-electron chi connectivity index (χ4n) is 2.47. The average molecular weight is 203 g/mol. The second kappa shape index (κ2) is 4.80. The highest BCUT2D eigenvalue weighted by Gasteiger charge is 2.19. The van der Waals surface area contributed by atoms with Gasteiger partial charge in [0.25, 0.3) is 0 Å². The maximum Gasteiger partial charge on any atom is 0.00732 e. The number of rotatable bonds is 3. The molecule has 1 N–H and O–H groups in total. The van der Waals surface area contributed by atoms with Gasteiger partial charge >= 0.3 is 0 Å². The Hall–Kier alpha value is -0.820. The third-order valence-electron chi connectivity index (χ3n) is 3.49. The zero-order chi connectivity index (χ0) is 10.7. The van der Waals surface area contributed by atoms with Crippen LogP contribution >= 0.6 is 0 Å². The molecule has 1 aromatic carbocycles. The summed E-state index contributed by atoms with van der Waals surface area (Å²) in [7, 11) is 0. The van der Waals surface area contributed by atoms with Gasteiger partial charge in [0, 0.05) is 12.1 Å². The second-order valence-electron chi connectivity index (χ2n) is 4.81. The van der Waals surface area contributed by atoms with Gasteiger partial charge in [-0.3, -0.25) is 0 Å². The highest BCUT2D eigenvalue weighted by molar-refractivity contribution is 5.25. The molecule has 2 rings (SSSR count). The van der Waals surface area contributed by atoms with Crippen molar-refractivity contribution in [1.29, 1.82) is 0 Å². The van der Waals surface area contributed by atoms with E-state index in [2.05, 4.69) is 43.4 Å². The molecule has 0 unspecified atom stereocenters. The molecule has 0 spiro atoms. The minimum atomic E-state index is 0.729. The maximum absolute atomic E-state index is 3.64. The van der Waals surface area contributed by atoms with Crippen LogP contribution in [0.25, 0.3) is 0 Å². The molecular formula is C14H21N. The van der Waals surface area contributed by atoms with Gasteiger partial charge in [0.2, 0.25) is 0 Å². The van der Waals surface area contributed by atoms with Crippen LogP contribution in [0, 0.1) is 6.92 Å². The van der Waals surface area contributed by atoms with Crippen LogP contribution in [0.5, 0.6) is 0 Å². The molecule has 0 amide bonds. The lowest BCUT2D eigenvalue weighted by molar-refractivity contribution is 0.527. The first kappa shape index (κ1) is 10.7. The van der Waals surface area contributed by atoms with Crippen molar-refractivity contribution in [2.75, 3.05) is 0 Å². The first-order valence-electron chi connectivity index (χ1n) is 6.06. The molecule has 0 aliphatic carbocycles. The van der Waals surface area contributed by atoms with E-state index in [4.69, 9.17) is 0 Å². The van der Waals surface area contributed by atoms with E-state index in [-0.39, 0.29) is 0 Å². The predicted octanol–water partition coefficient (Wildman–Crippen LogP) is 3.07. The monoisotopic (exact) mass is 203 g/mol. The molecule has 82 valence electrons. The third kappa shape index (κ3) is 2.82. The van der Waals surface area contributed by atoms with Crippen LogP contribution in [0.4, 0.5) is 0 Å². The Bertz CT molecular complexity index is 319. The van der Waals surface area contributed by atoms with Crippen molar-refractivity contribution < 1.29 is 0 Å². The van der Waals surface area contributed by atoms with Gasteiger partial charge in [0.1, 0.15) is 0 Å². The number of hydrogen-bond donors (Lipinski definition) is 1. The maximum atomic E-state index is 3.64. The van der Waals surface area contributed by atoms with Crippen molar-refractivity contribution in [2.45, 2.75) is 51.6 Å². The lowest BCUT2D eigenvalue weighted by Crippen LogP contribution is -2.27. The number of nitrogens with one attached hydrogen (secondary N) is 1. The van der Waals surface area contributed by atoms with E-state index in [9.17, 15) is 0 Å². The molecule has 0 saturated carbocycles. The normalized spacial score (nSPS) is 25.7. The Balaban J connectivity index is 1.86. The highest BCUT2D eigenvalue weighted by atomic mass is 15.0. The fourth-order valence-corrected chi connectivity index (χ4v) is 2.47. The molecule has 1 nitrogen and oxygen atoms in total. The van der Waals surface area contributed by atoms with Crippen molar-refractivity contribution in [1.82, 2.24) is 5.32 Å². The zero-order valence-electron chi connectivity index (χ0n) is 9.79. The molecule has 1 heterocycles. The summed E-state index contributed by atoms with van der Waals surface area (Å²) in [6.07, 6.45) is 5.21. The Morgan fingerprint density at radius 2 is 2.07 bits per heavy atom. The zero-order valence-corrected chi connectivity index (χ0v) is 9.79. The highest BCUT2D eigenvalue weighted by Crippen LogP contribution is 2.18. The second-order valence-corrected chi connectivity index (χ2v) is 4.81. The Morgan fingerprint density at radius 3 is 2.73 bits per heavy atom. The Labute approximate surface area is 92.9 Å². The molecule has 2 atom stereocenters. The van der Waals surface area contributed by atoms with Gasteiger partial charge in [0.15, 0.2) is 0 Å². The molecule has 1 aliphatic heterocycles. The van der Waals surface area contributed by atoms with Gasteiger partial charge in [-0.05, 0) is 50.7 Å². The summed E-state index contributed by atoms with van der Waals surface area (Å²) in [6.45, 7) is 4.49. The summed E-state index contributed by atoms with van der Waals surface area (Å²) in [4.78, 5) is 0. The van der Waals surface area contributed by atoms with Crippen molar-refractivity contribution in [3.63, 3.8) is 0 Å². The smallest absolute Gasteiger partial charge is 0.00732 e. The van der Waals surface area contributed by atoms with Gasteiger partial charge in [-0.2, -0.15) is 0 Å². The number of hydrogen-bond acceptors (Lipinski definition) is 1. The lowest BCUT2D eigenvalue weighted by Gasteiger charge is -2.12. The first-order chi connectivity index (χ1) is 7.25. The van der Waals surface area contributed by atoms with Crippen LogP contribution in [0.3, 0.4) is 0 Å². The van der Waals surface area contributed by atoms with Gasteiger partial charge in [-0.25, -0.2) is 0 Å². The van der Waals surface area contributed by atoms with E-state index in [0.29, 0.717) is 0 Å². The van der Waals surface area contributed by atoms with Gasteiger partial charge in [0.05, 0.1) is 0 Å². The van der Waals surface area contributed by atoms with Crippen molar-refractivity contribution >= 4 is 0 Å². The van der Waals surface area contributed by atoms with E-state index in [1.807, 2.05) is 0 Å². The van der Waals surface area contributed by atoms with E-state index in [0.717, 1.165) is 12.1 Å². The summed E-state index contributed by atoms with van der Waals surface area (Å²) in [6, 6.07) is 10.2. The van der Waals surface area contributed by atoms with E-state index in [1.54, 1.807) is 0 Å². The van der Waals surface area contributed by atoms with Crippen LogP contribution in [-0.2, 0) is 6.42 Å². The van der Waals surface area contributed by atoms with Gasteiger partial charge in [-0.15, -0.1) is 0 Å². The topological polar surface area (TPSA) is 12.0 Å². The largest absolute Gasteiger partial charge is 0.311 e. The molecule has 0 bridgehead atoms. The molecular weight excluding hydrogens is 182 g/mol. The molecule has 1 saturated heterocycles. The minimum absolute atomic E-state index is 0.729. The summed E-state index contributed by atoms with van der Waals surface area (Å²) in [5.74, 6) is 0.